The predicted molar refractivity (Wildman–Crippen MR) is 123 cm³/mol. The lowest BCUT2D eigenvalue weighted by Crippen LogP contribution is -2.59. The van der Waals surface area contributed by atoms with E-state index in [1.807, 2.05) is 11.9 Å². The summed E-state index contributed by atoms with van der Waals surface area (Å²) in [4.78, 5) is 28.5. The molecule has 7 atom stereocenters. The fourth-order valence-electron chi connectivity index (χ4n) is 7.77. The number of hydrogen-bond acceptors (Lipinski definition) is 7. The van der Waals surface area contributed by atoms with E-state index in [4.69, 9.17) is 9.47 Å². The standard InChI is InChI=1S/C26H41NO6/c1-24-9-6-16(28)12-20(24)21(29)13-19-17(24)7-10-25(2)18(8-11-26(19,25)31)22(30)14-27(3)15-23(32-4)33-5/h13,16-18,20,23,28,31H,6-12,14-15H2,1-5H3/t16?,17?,18?,20?,24?,25-,26-/m1/s1. The van der Waals surface area contributed by atoms with Gasteiger partial charge in [0, 0.05) is 38.0 Å². The number of methoxy groups -OCH3 is 2. The molecular weight excluding hydrogens is 422 g/mol. The molecule has 0 aliphatic heterocycles. The number of allylic oxidation sites excluding steroid dienone is 1. The molecule has 0 aromatic heterocycles. The van der Waals surface area contributed by atoms with E-state index in [1.165, 1.54) is 0 Å². The molecule has 3 saturated carbocycles. The summed E-state index contributed by atoms with van der Waals surface area (Å²) in [5.74, 6) is -0.117. The Labute approximate surface area is 197 Å². The highest BCUT2D eigenvalue weighted by atomic mass is 16.7. The van der Waals surface area contributed by atoms with Crippen LogP contribution >= 0.6 is 0 Å². The molecule has 7 heteroatoms. The second-order valence-electron chi connectivity index (χ2n) is 11.5. The summed E-state index contributed by atoms with van der Waals surface area (Å²) in [5, 5.41) is 22.3. The molecule has 0 amide bonds. The maximum Gasteiger partial charge on any atom is 0.169 e. The normalized spacial score (nSPS) is 42.7. The first-order valence-corrected chi connectivity index (χ1v) is 12.4. The first-order valence-electron chi connectivity index (χ1n) is 12.4. The van der Waals surface area contributed by atoms with E-state index in [9.17, 15) is 19.8 Å². The zero-order valence-corrected chi connectivity index (χ0v) is 20.8. The number of fused-ring (bicyclic) bond motifs is 5. The molecule has 2 N–H and O–H groups in total. The molecule has 0 saturated heterocycles. The SMILES string of the molecule is COC(CN(C)CC(=O)C1CC[C@@]2(O)C3=CC(=O)C4CC(O)CCC4(C)C3CC[C@]12C)OC. The molecule has 0 spiro atoms. The van der Waals surface area contributed by atoms with Gasteiger partial charge in [0.2, 0.25) is 0 Å². The summed E-state index contributed by atoms with van der Waals surface area (Å²) in [6, 6.07) is 0. The number of ether oxygens (including phenoxy) is 2. The van der Waals surface area contributed by atoms with E-state index >= 15 is 0 Å². The third-order valence-electron chi connectivity index (χ3n) is 9.87. The van der Waals surface area contributed by atoms with E-state index in [0.717, 1.165) is 24.8 Å². The van der Waals surface area contributed by atoms with Crippen molar-refractivity contribution >= 4 is 11.6 Å². The number of rotatable bonds is 7. The van der Waals surface area contributed by atoms with Crippen LogP contribution in [-0.2, 0) is 19.1 Å². The fraction of sp³-hybridized carbons (Fsp3) is 0.846. The summed E-state index contributed by atoms with van der Waals surface area (Å²) >= 11 is 0. The molecule has 0 heterocycles. The number of aliphatic hydroxyl groups excluding tert-OH is 1. The van der Waals surface area contributed by atoms with Gasteiger partial charge in [0.1, 0.15) is 0 Å². The van der Waals surface area contributed by atoms with Crippen LogP contribution in [0.3, 0.4) is 0 Å². The van der Waals surface area contributed by atoms with Gasteiger partial charge in [-0.25, -0.2) is 0 Å². The van der Waals surface area contributed by atoms with Gasteiger partial charge in [-0.3, -0.25) is 14.5 Å². The highest BCUT2D eigenvalue weighted by Crippen LogP contribution is 2.67. The van der Waals surface area contributed by atoms with Gasteiger partial charge in [0.15, 0.2) is 17.9 Å². The molecule has 33 heavy (non-hydrogen) atoms. The Morgan fingerprint density at radius 2 is 1.85 bits per heavy atom. The van der Waals surface area contributed by atoms with Crippen molar-refractivity contribution in [2.45, 2.75) is 76.8 Å². The van der Waals surface area contributed by atoms with E-state index in [-0.39, 0.29) is 41.3 Å². The van der Waals surface area contributed by atoms with Crippen molar-refractivity contribution in [3.8, 4) is 0 Å². The molecular formula is C26H41NO6. The Morgan fingerprint density at radius 1 is 1.15 bits per heavy atom. The summed E-state index contributed by atoms with van der Waals surface area (Å²) < 4.78 is 10.5. The number of aliphatic hydroxyl groups is 2. The van der Waals surface area contributed by atoms with Crippen LogP contribution in [0.5, 0.6) is 0 Å². The van der Waals surface area contributed by atoms with E-state index in [0.29, 0.717) is 32.2 Å². The lowest BCUT2D eigenvalue weighted by Gasteiger charge is -2.59. The molecule has 4 aliphatic rings. The molecule has 0 radical (unpaired) electrons. The summed E-state index contributed by atoms with van der Waals surface area (Å²) in [6.45, 7) is 4.99. The second-order valence-corrected chi connectivity index (χ2v) is 11.5. The fourth-order valence-corrected chi connectivity index (χ4v) is 7.77. The molecule has 0 aromatic carbocycles. The molecule has 186 valence electrons. The van der Waals surface area contributed by atoms with E-state index < -0.39 is 23.4 Å². The van der Waals surface area contributed by atoms with Crippen molar-refractivity contribution in [3.63, 3.8) is 0 Å². The van der Waals surface area contributed by atoms with Gasteiger partial charge in [-0.2, -0.15) is 0 Å². The van der Waals surface area contributed by atoms with Crippen molar-refractivity contribution < 1.29 is 29.3 Å². The Kier molecular flexibility index (Phi) is 6.69. The average molecular weight is 464 g/mol. The number of carbonyl (C=O) groups is 2. The number of hydrogen-bond donors (Lipinski definition) is 2. The number of nitrogens with zero attached hydrogens (tertiary/aromatic N) is 1. The van der Waals surface area contributed by atoms with Crippen molar-refractivity contribution in [1.29, 1.82) is 0 Å². The zero-order valence-electron chi connectivity index (χ0n) is 20.8. The van der Waals surface area contributed by atoms with Crippen LogP contribution in [0, 0.1) is 28.6 Å². The monoisotopic (exact) mass is 463 g/mol. The van der Waals surface area contributed by atoms with E-state index in [2.05, 4.69) is 13.8 Å². The lowest BCUT2D eigenvalue weighted by atomic mass is 9.46. The van der Waals surface area contributed by atoms with Crippen LogP contribution in [0.25, 0.3) is 0 Å². The predicted octanol–water partition coefficient (Wildman–Crippen LogP) is 2.34. The Morgan fingerprint density at radius 3 is 2.52 bits per heavy atom. The number of Topliss-reactive ketones (excluding diaryl/α,β-unsaturated/α-hetero) is 1. The van der Waals surface area contributed by atoms with Gasteiger partial charge in [-0.15, -0.1) is 0 Å². The highest BCUT2D eigenvalue weighted by molar-refractivity contribution is 5.95. The maximum absolute atomic E-state index is 13.4. The molecule has 3 fully saturated rings. The molecule has 5 unspecified atom stereocenters. The minimum atomic E-state index is -1.13. The molecule has 7 nitrogen and oxygen atoms in total. The largest absolute Gasteiger partial charge is 0.393 e. The van der Waals surface area contributed by atoms with Gasteiger partial charge in [-0.05, 0) is 75.0 Å². The Hall–Kier alpha value is -1.12. The maximum atomic E-state index is 13.4. The van der Waals surface area contributed by atoms with Gasteiger partial charge < -0.3 is 19.7 Å². The van der Waals surface area contributed by atoms with Crippen molar-refractivity contribution in [2.24, 2.45) is 28.6 Å². The van der Waals surface area contributed by atoms with E-state index in [1.54, 1.807) is 20.3 Å². The first kappa shape index (κ1) is 25.0. The summed E-state index contributed by atoms with van der Waals surface area (Å²) in [6.07, 6.45) is 5.70. The summed E-state index contributed by atoms with van der Waals surface area (Å²) in [7, 11) is 5.04. The van der Waals surface area contributed by atoms with Crippen molar-refractivity contribution in [2.75, 3.05) is 34.4 Å². The van der Waals surface area contributed by atoms with Crippen LogP contribution in [-0.4, -0.2) is 79.0 Å². The Bertz CT molecular complexity index is 824. The lowest BCUT2D eigenvalue weighted by molar-refractivity contribution is -0.145. The number of carbonyl (C=O) groups excluding carboxylic acids is 2. The van der Waals surface area contributed by atoms with Crippen molar-refractivity contribution in [1.82, 2.24) is 4.90 Å². The molecule has 0 bridgehead atoms. The number of ketones is 2. The third kappa shape index (κ3) is 3.84. The molecule has 0 aromatic rings. The second kappa shape index (κ2) is 8.83. The van der Waals surface area contributed by atoms with Crippen LogP contribution in [0.1, 0.15) is 58.8 Å². The smallest absolute Gasteiger partial charge is 0.169 e. The van der Waals surface area contributed by atoms with Gasteiger partial charge in [-0.1, -0.05) is 13.8 Å². The molecule has 4 rings (SSSR count). The third-order valence-corrected chi connectivity index (χ3v) is 9.87. The Balaban J connectivity index is 1.57. The first-order chi connectivity index (χ1) is 15.5. The summed E-state index contributed by atoms with van der Waals surface area (Å²) in [5.41, 5.74) is -1.07. The van der Waals surface area contributed by atoms with Gasteiger partial charge >= 0.3 is 0 Å². The zero-order chi connectivity index (χ0) is 24.2. The van der Waals surface area contributed by atoms with Crippen LogP contribution in [0.2, 0.25) is 0 Å². The quantitative estimate of drug-likeness (QED) is 0.560. The average Bonchev–Trinajstić information content (AvgIpc) is 3.05. The van der Waals surface area contributed by atoms with Crippen LogP contribution in [0.4, 0.5) is 0 Å². The minimum Gasteiger partial charge on any atom is -0.393 e. The van der Waals surface area contributed by atoms with Crippen molar-refractivity contribution in [3.05, 3.63) is 11.6 Å². The molecule has 4 aliphatic carbocycles. The topological polar surface area (TPSA) is 96.3 Å². The number of likely N-dealkylation sites (N-methyl/N-ethyl adjacent to an activating group) is 1. The van der Waals surface area contributed by atoms with Gasteiger partial charge in [0.05, 0.1) is 18.2 Å². The van der Waals surface area contributed by atoms with Gasteiger partial charge in [0.25, 0.3) is 0 Å². The van der Waals surface area contributed by atoms with Crippen LogP contribution in [0.15, 0.2) is 11.6 Å². The minimum absolute atomic E-state index is 0.0415. The highest BCUT2D eigenvalue weighted by Gasteiger charge is 2.66. The van der Waals surface area contributed by atoms with Crippen LogP contribution < -0.4 is 0 Å².